The summed E-state index contributed by atoms with van der Waals surface area (Å²) in [6, 6.07) is 17.1. The van der Waals surface area contributed by atoms with E-state index >= 15 is 0 Å². The molecule has 1 aromatic carbocycles. The van der Waals surface area contributed by atoms with E-state index in [1.807, 2.05) is 35.7 Å². The summed E-state index contributed by atoms with van der Waals surface area (Å²) in [5.74, 6) is 1.46. The van der Waals surface area contributed by atoms with Gasteiger partial charge in [-0.15, -0.1) is 11.3 Å². The van der Waals surface area contributed by atoms with Crippen LogP contribution in [0.2, 0.25) is 0 Å². The van der Waals surface area contributed by atoms with Crippen LogP contribution in [0.15, 0.2) is 60.1 Å². The monoisotopic (exact) mass is 499 g/mol. The second-order valence-electron chi connectivity index (χ2n) is 10.2. The molecule has 0 spiro atoms. The predicted molar refractivity (Wildman–Crippen MR) is 145 cm³/mol. The molecule has 0 N–H and O–H groups in total. The lowest BCUT2D eigenvalue weighted by atomic mass is 9.93. The molecule has 7 heteroatoms. The van der Waals surface area contributed by atoms with Crippen LogP contribution in [-0.4, -0.2) is 56.4 Å². The van der Waals surface area contributed by atoms with Crippen LogP contribution in [-0.2, 0) is 11.3 Å². The number of aryl methyl sites for hydroxylation is 1. The van der Waals surface area contributed by atoms with E-state index in [9.17, 15) is 4.79 Å². The fourth-order valence-corrected chi connectivity index (χ4v) is 6.56. The molecule has 2 aliphatic rings. The molecule has 36 heavy (non-hydrogen) atoms. The molecule has 2 saturated heterocycles. The van der Waals surface area contributed by atoms with Gasteiger partial charge in [0.1, 0.15) is 5.69 Å². The maximum absolute atomic E-state index is 13.4. The third kappa shape index (κ3) is 4.70. The molecule has 0 aliphatic carbocycles. The summed E-state index contributed by atoms with van der Waals surface area (Å²) in [5, 5.41) is 2.14. The van der Waals surface area contributed by atoms with Crippen molar-refractivity contribution in [1.29, 1.82) is 0 Å². The fraction of sp³-hybridized carbons (Fsp3) is 0.414. The largest absolute Gasteiger partial charge is 0.342 e. The molecule has 0 saturated carbocycles. The number of fused-ring (bicyclic) bond motifs is 1. The van der Waals surface area contributed by atoms with E-state index in [4.69, 9.17) is 4.98 Å². The molecular formula is C29H33N5OS. The van der Waals surface area contributed by atoms with Gasteiger partial charge >= 0.3 is 0 Å². The number of hydrogen-bond donors (Lipinski definition) is 0. The Kier molecular flexibility index (Phi) is 6.59. The molecule has 0 radical (unpaired) electrons. The van der Waals surface area contributed by atoms with Gasteiger partial charge in [-0.2, -0.15) is 0 Å². The highest BCUT2D eigenvalue weighted by molar-refractivity contribution is 7.09. The Morgan fingerprint density at radius 1 is 1.00 bits per heavy atom. The maximum atomic E-state index is 13.4. The molecule has 3 aromatic heterocycles. The number of thiophene rings is 1. The van der Waals surface area contributed by atoms with E-state index in [-0.39, 0.29) is 5.92 Å². The van der Waals surface area contributed by atoms with Gasteiger partial charge < -0.3 is 9.47 Å². The lowest BCUT2D eigenvalue weighted by Crippen LogP contribution is -2.45. The zero-order chi connectivity index (χ0) is 24.5. The molecule has 6 rings (SSSR count). The van der Waals surface area contributed by atoms with Gasteiger partial charge in [-0.3, -0.25) is 14.7 Å². The topological polar surface area (TPSA) is 54.3 Å². The van der Waals surface area contributed by atoms with Crippen molar-refractivity contribution in [2.24, 2.45) is 5.92 Å². The fourth-order valence-electron chi connectivity index (χ4n) is 5.82. The predicted octanol–water partition coefficient (Wildman–Crippen LogP) is 5.54. The van der Waals surface area contributed by atoms with Gasteiger partial charge in [-0.05, 0) is 87.0 Å². The van der Waals surface area contributed by atoms with Crippen molar-refractivity contribution in [3.8, 4) is 11.5 Å². The van der Waals surface area contributed by atoms with Crippen molar-refractivity contribution in [3.05, 3.63) is 70.5 Å². The van der Waals surface area contributed by atoms with Crippen molar-refractivity contribution in [2.75, 3.05) is 26.2 Å². The van der Waals surface area contributed by atoms with Gasteiger partial charge in [0.25, 0.3) is 0 Å². The van der Waals surface area contributed by atoms with Gasteiger partial charge in [0, 0.05) is 42.7 Å². The van der Waals surface area contributed by atoms with Crippen molar-refractivity contribution in [1.82, 2.24) is 24.3 Å². The molecule has 2 fully saturated rings. The smallest absolute Gasteiger partial charge is 0.225 e. The number of carbonyl (C=O) groups is 1. The molecular weight excluding hydrogens is 466 g/mol. The van der Waals surface area contributed by atoms with Crippen LogP contribution in [0.5, 0.6) is 0 Å². The summed E-state index contributed by atoms with van der Waals surface area (Å²) < 4.78 is 2.38. The summed E-state index contributed by atoms with van der Waals surface area (Å²) in [6.45, 7) is 6.77. The first-order chi connectivity index (χ1) is 17.7. The number of nitrogens with zero attached hydrogens (tertiary/aromatic N) is 5. The first kappa shape index (κ1) is 23.4. The van der Waals surface area contributed by atoms with Crippen molar-refractivity contribution in [2.45, 2.75) is 45.2 Å². The number of piperidine rings is 2. The standard InChI is InChI=1S/C29H33N5OS/c1-21-7-8-27-26(19-21)31-28(25-6-2-3-13-30-25)34(27)23-11-16-33(17-12-23)29(35)22-9-14-32(15-10-22)20-24-5-4-18-36-24/h2-8,13,18-19,22-23H,9-12,14-17,20H2,1H3. The van der Waals surface area contributed by atoms with Crippen molar-refractivity contribution >= 4 is 28.3 Å². The molecule has 2 aliphatic heterocycles. The molecule has 0 atom stereocenters. The SMILES string of the molecule is Cc1ccc2c(c1)nc(-c1ccccn1)n2C1CCN(C(=O)C2CCN(Cc3cccs3)CC2)CC1. The molecule has 5 heterocycles. The van der Waals surface area contributed by atoms with Gasteiger partial charge in [0.2, 0.25) is 5.91 Å². The molecule has 6 nitrogen and oxygen atoms in total. The molecule has 186 valence electrons. The number of pyridine rings is 1. The lowest BCUT2D eigenvalue weighted by Gasteiger charge is -2.38. The highest BCUT2D eigenvalue weighted by Crippen LogP contribution is 2.34. The Bertz CT molecular complexity index is 1320. The van der Waals surface area contributed by atoms with Gasteiger partial charge in [0.15, 0.2) is 5.82 Å². The third-order valence-electron chi connectivity index (χ3n) is 7.78. The number of amides is 1. The Balaban J connectivity index is 1.13. The second-order valence-corrected chi connectivity index (χ2v) is 11.2. The van der Waals surface area contributed by atoms with Crippen LogP contribution in [0.4, 0.5) is 0 Å². The molecule has 4 aromatic rings. The second kappa shape index (κ2) is 10.1. The van der Waals surface area contributed by atoms with E-state index in [2.05, 4.69) is 62.0 Å². The van der Waals surface area contributed by atoms with Gasteiger partial charge in [-0.1, -0.05) is 18.2 Å². The zero-order valence-corrected chi connectivity index (χ0v) is 21.7. The van der Waals surface area contributed by atoms with Crippen LogP contribution in [0, 0.1) is 12.8 Å². The Morgan fingerprint density at radius 2 is 1.83 bits per heavy atom. The highest BCUT2D eigenvalue weighted by Gasteiger charge is 2.32. The van der Waals surface area contributed by atoms with Crippen molar-refractivity contribution in [3.63, 3.8) is 0 Å². The number of likely N-dealkylation sites (tertiary alicyclic amines) is 2. The number of aromatic nitrogens is 3. The van der Waals surface area contributed by atoms with E-state index in [1.54, 1.807) is 0 Å². The van der Waals surface area contributed by atoms with E-state index in [0.29, 0.717) is 11.9 Å². The third-order valence-corrected chi connectivity index (χ3v) is 8.64. The normalized spacial score (nSPS) is 18.2. The van der Waals surface area contributed by atoms with E-state index in [0.717, 1.165) is 81.0 Å². The number of hydrogen-bond acceptors (Lipinski definition) is 5. The van der Waals surface area contributed by atoms with Crippen LogP contribution in [0.1, 0.15) is 42.2 Å². The van der Waals surface area contributed by atoms with Crippen molar-refractivity contribution < 1.29 is 4.79 Å². The number of rotatable bonds is 5. The van der Waals surface area contributed by atoms with Crippen LogP contribution in [0.3, 0.4) is 0 Å². The van der Waals surface area contributed by atoms with E-state index in [1.165, 1.54) is 10.4 Å². The summed E-state index contributed by atoms with van der Waals surface area (Å²) >= 11 is 1.82. The zero-order valence-electron chi connectivity index (χ0n) is 20.8. The summed E-state index contributed by atoms with van der Waals surface area (Å²) in [7, 11) is 0. The van der Waals surface area contributed by atoms with Crippen LogP contribution in [0.25, 0.3) is 22.6 Å². The number of carbonyl (C=O) groups excluding carboxylic acids is 1. The first-order valence-electron chi connectivity index (χ1n) is 13.1. The molecule has 1 amide bonds. The Morgan fingerprint density at radius 3 is 2.56 bits per heavy atom. The van der Waals surface area contributed by atoms with Crippen LogP contribution >= 0.6 is 11.3 Å². The lowest BCUT2D eigenvalue weighted by molar-refractivity contribution is -0.138. The van der Waals surface area contributed by atoms with E-state index < -0.39 is 0 Å². The minimum absolute atomic E-state index is 0.169. The highest BCUT2D eigenvalue weighted by atomic mass is 32.1. The average Bonchev–Trinajstić information content (AvgIpc) is 3.57. The van der Waals surface area contributed by atoms with Crippen LogP contribution < -0.4 is 0 Å². The number of imidazole rings is 1. The molecule has 0 bridgehead atoms. The van der Waals surface area contributed by atoms with Gasteiger partial charge in [-0.25, -0.2) is 4.98 Å². The summed E-state index contributed by atoms with van der Waals surface area (Å²) in [6.07, 6.45) is 5.67. The quantitative estimate of drug-likeness (QED) is 0.362. The Hall–Kier alpha value is -3.03. The minimum atomic E-state index is 0.169. The summed E-state index contributed by atoms with van der Waals surface area (Å²) in [4.78, 5) is 29.0. The Labute approximate surface area is 216 Å². The maximum Gasteiger partial charge on any atom is 0.225 e. The summed E-state index contributed by atoms with van der Waals surface area (Å²) in [5.41, 5.74) is 4.29. The number of benzene rings is 1. The average molecular weight is 500 g/mol. The minimum Gasteiger partial charge on any atom is -0.342 e. The van der Waals surface area contributed by atoms with Gasteiger partial charge in [0.05, 0.1) is 11.0 Å². The molecule has 0 unspecified atom stereocenters. The first-order valence-corrected chi connectivity index (χ1v) is 14.0.